The number of thioether (sulfide) groups is 1. The molecule has 0 aliphatic carbocycles. The van der Waals surface area contributed by atoms with Crippen molar-refractivity contribution in [1.29, 1.82) is 0 Å². The van der Waals surface area contributed by atoms with Gasteiger partial charge in [0.1, 0.15) is 8.78 Å². The van der Waals surface area contributed by atoms with Crippen LogP contribution < -0.4 is 103 Å². The Balaban J connectivity index is -0.000000120. The van der Waals surface area contributed by atoms with Crippen LogP contribution in [0.1, 0.15) is 15.7 Å². The monoisotopic (exact) mass is 320 g/mol. The minimum absolute atomic E-state index is 0. The molecule has 78 valence electrons. The van der Waals surface area contributed by atoms with E-state index >= 15 is 0 Å². The minimum atomic E-state index is -1.07. The zero-order valence-electron chi connectivity index (χ0n) is 10.5. The summed E-state index contributed by atoms with van der Waals surface area (Å²) in [6.45, 7) is 0. The molecule has 2 N–H and O–H groups in total. The van der Waals surface area contributed by atoms with Crippen molar-refractivity contribution >= 4 is 52.1 Å². The SMILES string of the molecule is O=C(O)CCC(SC(=S)S)C(=O)O.[H-].[H-].[K+].[K+]. The Labute approximate surface area is 191 Å². The second-order valence-corrected chi connectivity index (χ2v) is 5.08. The summed E-state index contributed by atoms with van der Waals surface area (Å²) >= 11 is 9.23. The van der Waals surface area contributed by atoms with Crippen LogP contribution in [-0.4, -0.2) is 30.9 Å². The summed E-state index contributed by atoms with van der Waals surface area (Å²) in [6, 6.07) is 0. The van der Waals surface area contributed by atoms with Crippen LogP contribution in [0.3, 0.4) is 0 Å². The number of carboxylic acids is 2. The molecular weight excluding hydrogens is 310 g/mol. The van der Waals surface area contributed by atoms with Gasteiger partial charge in [0.25, 0.3) is 0 Å². The third kappa shape index (κ3) is 14.9. The van der Waals surface area contributed by atoms with E-state index in [2.05, 4.69) is 24.8 Å². The molecule has 0 bridgehead atoms. The predicted octanol–water partition coefficient (Wildman–Crippen LogP) is -4.51. The first-order chi connectivity index (χ1) is 5.93. The van der Waals surface area contributed by atoms with Gasteiger partial charge < -0.3 is 13.1 Å². The Bertz CT molecular complexity index is 245. The van der Waals surface area contributed by atoms with E-state index in [0.29, 0.717) is 0 Å². The number of thiocarbonyl (C=S) groups is 1. The van der Waals surface area contributed by atoms with Crippen molar-refractivity contribution in [2.75, 3.05) is 0 Å². The summed E-state index contributed by atoms with van der Waals surface area (Å²) in [6.07, 6.45) is -0.129. The van der Waals surface area contributed by atoms with E-state index in [-0.39, 0.29) is 122 Å². The zero-order valence-corrected chi connectivity index (χ0v) is 17.2. The number of carbonyl (C=O) groups is 2. The van der Waals surface area contributed by atoms with Crippen LogP contribution in [0.2, 0.25) is 0 Å². The molecule has 0 saturated heterocycles. The molecule has 0 heterocycles. The van der Waals surface area contributed by atoms with E-state index < -0.39 is 17.2 Å². The normalized spacial score (nSPS) is 10.5. The summed E-state index contributed by atoms with van der Waals surface area (Å²) in [7, 11) is 0. The summed E-state index contributed by atoms with van der Waals surface area (Å²) in [5.74, 6) is -2.08. The fourth-order valence-electron chi connectivity index (χ4n) is 0.609. The first kappa shape index (κ1) is 23.1. The van der Waals surface area contributed by atoms with Crippen molar-refractivity contribution in [2.45, 2.75) is 18.1 Å². The third-order valence-electron chi connectivity index (χ3n) is 1.14. The molecule has 0 amide bonds. The van der Waals surface area contributed by atoms with Crippen molar-refractivity contribution < 1.29 is 125 Å². The molecule has 0 rings (SSSR count). The molecule has 0 fully saturated rings. The summed E-state index contributed by atoms with van der Waals surface area (Å²) in [5.41, 5.74) is 0. The van der Waals surface area contributed by atoms with Crippen molar-refractivity contribution in [2.24, 2.45) is 0 Å². The fraction of sp³-hybridized carbons (Fsp3) is 0.500. The number of rotatable bonds is 5. The first-order valence-corrected chi connectivity index (χ1v) is 5.01. The number of hydrogen-bond acceptors (Lipinski definition) is 4. The Morgan fingerprint density at radius 2 is 1.87 bits per heavy atom. The molecule has 1 atom stereocenters. The van der Waals surface area contributed by atoms with Crippen LogP contribution in [0.15, 0.2) is 0 Å². The quantitative estimate of drug-likeness (QED) is 0.269. The van der Waals surface area contributed by atoms with E-state index in [4.69, 9.17) is 10.2 Å². The smallest absolute Gasteiger partial charge is 1.00 e. The van der Waals surface area contributed by atoms with Crippen LogP contribution in [0, 0.1) is 0 Å². The van der Waals surface area contributed by atoms with Crippen LogP contribution in [0.5, 0.6) is 0 Å². The van der Waals surface area contributed by atoms with E-state index in [1.807, 2.05) is 0 Å². The van der Waals surface area contributed by atoms with Crippen molar-refractivity contribution in [3.8, 4) is 0 Å². The molecule has 9 heteroatoms. The van der Waals surface area contributed by atoms with Gasteiger partial charge in [0.15, 0.2) is 0 Å². The first-order valence-electron chi connectivity index (χ1n) is 3.27. The van der Waals surface area contributed by atoms with Gasteiger partial charge in [-0.3, -0.25) is 9.59 Å². The van der Waals surface area contributed by atoms with Crippen molar-refractivity contribution in [1.82, 2.24) is 0 Å². The van der Waals surface area contributed by atoms with Gasteiger partial charge in [-0.25, -0.2) is 0 Å². The van der Waals surface area contributed by atoms with E-state index in [1.54, 1.807) is 0 Å². The van der Waals surface area contributed by atoms with Crippen LogP contribution in [0.4, 0.5) is 0 Å². The van der Waals surface area contributed by atoms with Gasteiger partial charge in [-0.1, -0.05) is 24.0 Å². The third-order valence-corrected chi connectivity index (χ3v) is 2.67. The molecule has 1 unspecified atom stereocenters. The van der Waals surface area contributed by atoms with Gasteiger partial charge in [-0.05, 0) is 6.42 Å². The van der Waals surface area contributed by atoms with Crippen LogP contribution in [0.25, 0.3) is 0 Å². The Hall–Kier alpha value is 3.00. The van der Waals surface area contributed by atoms with Crippen LogP contribution in [-0.2, 0) is 9.59 Å². The molecule has 0 aliphatic rings. The molecule has 0 radical (unpaired) electrons. The predicted molar refractivity (Wildman–Crippen MR) is 59.7 cm³/mol. The largest absolute Gasteiger partial charge is 1.00 e. The van der Waals surface area contributed by atoms with Crippen LogP contribution >= 0.6 is 36.6 Å². The number of carboxylic acid groups (broad SMARTS) is 2. The molecular formula is C6H10K2O4S3. The Morgan fingerprint density at radius 1 is 1.40 bits per heavy atom. The van der Waals surface area contributed by atoms with Gasteiger partial charge in [0.2, 0.25) is 0 Å². The molecule has 4 nitrogen and oxygen atoms in total. The van der Waals surface area contributed by atoms with Crippen molar-refractivity contribution in [3.05, 3.63) is 0 Å². The number of hydrogen-bond donors (Lipinski definition) is 3. The second kappa shape index (κ2) is 13.4. The van der Waals surface area contributed by atoms with Gasteiger partial charge >= 0.3 is 115 Å². The summed E-state index contributed by atoms with van der Waals surface area (Å²) in [5, 5.41) is 16.1. The molecule has 15 heavy (non-hydrogen) atoms. The standard InChI is InChI=1S/C6H8O4S3.2K.2H/c7-4(8)2-1-3(5(9)10)13-6(11)12;;;;/h3H,1-2H2,(H,7,8)(H,9,10)(H,11,12);;;;/q;2*+1;2*-1. The molecule has 0 spiro atoms. The molecule has 0 aliphatic heterocycles. The molecule has 0 saturated carbocycles. The number of aliphatic carboxylic acids is 2. The number of thiol groups is 1. The van der Waals surface area contributed by atoms with Gasteiger partial charge in [-0.15, -0.1) is 12.6 Å². The topological polar surface area (TPSA) is 74.6 Å². The maximum absolute atomic E-state index is 10.5. The van der Waals surface area contributed by atoms with E-state index in [1.165, 1.54) is 0 Å². The van der Waals surface area contributed by atoms with Gasteiger partial charge in [0, 0.05) is 6.42 Å². The van der Waals surface area contributed by atoms with E-state index in [9.17, 15) is 9.59 Å². The Kier molecular flexibility index (Phi) is 20.7. The minimum Gasteiger partial charge on any atom is -1.00 e. The molecule has 0 aromatic heterocycles. The maximum Gasteiger partial charge on any atom is 1.00 e. The maximum atomic E-state index is 10.5. The summed E-state index contributed by atoms with van der Waals surface area (Å²) in [4.78, 5) is 20.7. The average molecular weight is 321 g/mol. The van der Waals surface area contributed by atoms with Gasteiger partial charge in [0.05, 0.1) is 0 Å². The van der Waals surface area contributed by atoms with E-state index in [0.717, 1.165) is 11.8 Å². The van der Waals surface area contributed by atoms with Crippen molar-refractivity contribution in [3.63, 3.8) is 0 Å². The second-order valence-electron chi connectivity index (χ2n) is 2.14. The Morgan fingerprint density at radius 3 is 2.13 bits per heavy atom. The fourth-order valence-corrected chi connectivity index (χ4v) is 1.92. The summed E-state index contributed by atoms with van der Waals surface area (Å²) < 4.78 is 0.206. The average Bonchev–Trinajstić information content (AvgIpc) is 1.96. The molecule has 0 aromatic carbocycles. The van der Waals surface area contributed by atoms with Gasteiger partial charge in [-0.2, -0.15) is 0 Å². The molecule has 0 aromatic rings. The zero-order chi connectivity index (χ0) is 10.4.